The van der Waals surface area contributed by atoms with Gasteiger partial charge in [0.25, 0.3) is 0 Å². The maximum Gasteiger partial charge on any atom is 0.0543 e. The second kappa shape index (κ2) is 2.77. The van der Waals surface area contributed by atoms with Crippen molar-refractivity contribution in [3.63, 3.8) is 0 Å². The zero-order chi connectivity index (χ0) is 6.69. The Kier molecular flexibility index (Phi) is 2.00. The molecule has 0 aliphatic carbocycles. The third-order valence-corrected chi connectivity index (χ3v) is 1.55. The number of nitrogens with zero attached hydrogens (tertiary/aromatic N) is 2. The van der Waals surface area contributed by atoms with Crippen molar-refractivity contribution < 1.29 is 0 Å². The fraction of sp³-hybridized carbons (Fsp3) is 1.00. The van der Waals surface area contributed by atoms with E-state index >= 15 is 0 Å². The Morgan fingerprint density at radius 1 is 1.67 bits per heavy atom. The lowest BCUT2D eigenvalue weighted by Gasteiger charge is -2.24. The van der Waals surface area contributed by atoms with Gasteiger partial charge in [0, 0.05) is 12.6 Å². The van der Waals surface area contributed by atoms with Crippen LogP contribution in [-0.2, 0) is 0 Å². The molecule has 1 atom stereocenters. The molecule has 52 valence electrons. The minimum atomic E-state index is 0.149. The maximum absolute atomic E-state index is 9.93. The predicted octanol–water partition coefficient (Wildman–Crippen LogP) is 0.0909. The van der Waals surface area contributed by atoms with Gasteiger partial charge in [-0.15, -0.1) is 4.91 Å². The van der Waals surface area contributed by atoms with Gasteiger partial charge in [0.15, 0.2) is 0 Å². The van der Waals surface area contributed by atoms with Crippen molar-refractivity contribution in [3.8, 4) is 0 Å². The Balaban J connectivity index is 2.31. The van der Waals surface area contributed by atoms with Gasteiger partial charge in [0.05, 0.1) is 11.8 Å². The minimum Gasteiger partial charge on any atom is -0.326 e. The third kappa shape index (κ3) is 1.64. The van der Waals surface area contributed by atoms with E-state index in [2.05, 4.69) is 5.29 Å². The number of hydrogen-bond donors (Lipinski definition) is 1. The first-order chi connectivity index (χ1) is 4.33. The monoisotopic (exact) mass is 129 g/mol. The second-order valence-electron chi connectivity index (χ2n) is 2.40. The summed E-state index contributed by atoms with van der Waals surface area (Å²) in [6, 6.07) is 0.149. The summed E-state index contributed by atoms with van der Waals surface area (Å²) in [4.78, 5) is 9.93. The van der Waals surface area contributed by atoms with Gasteiger partial charge in [-0.05, 0) is 12.8 Å². The number of nitrogens with two attached hydrogens (primary N) is 1. The van der Waals surface area contributed by atoms with E-state index in [0.717, 1.165) is 19.4 Å². The van der Waals surface area contributed by atoms with Crippen molar-refractivity contribution in [2.24, 2.45) is 11.0 Å². The van der Waals surface area contributed by atoms with E-state index in [1.54, 1.807) is 0 Å². The first-order valence-electron chi connectivity index (χ1n) is 3.16. The summed E-state index contributed by atoms with van der Waals surface area (Å²) < 4.78 is 0. The second-order valence-corrected chi connectivity index (χ2v) is 2.40. The van der Waals surface area contributed by atoms with Crippen LogP contribution in [0.2, 0.25) is 0 Å². The molecule has 0 amide bonds. The Morgan fingerprint density at radius 2 is 2.44 bits per heavy atom. The quantitative estimate of drug-likeness (QED) is 0.510. The van der Waals surface area contributed by atoms with Crippen LogP contribution in [0.25, 0.3) is 0 Å². The van der Waals surface area contributed by atoms with Crippen molar-refractivity contribution in [3.05, 3.63) is 4.91 Å². The van der Waals surface area contributed by atoms with Crippen LogP contribution in [0.3, 0.4) is 0 Å². The summed E-state index contributed by atoms with van der Waals surface area (Å²) >= 11 is 0. The Bertz CT molecular complexity index is 106. The van der Waals surface area contributed by atoms with Crippen LogP contribution in [0.4, 0.5) is 0 Å². The van der Waals surface area contributed by atoms with Gasteiger partial charge in [-0.1, -0.05) is 0 Å². The Labute approximate surface area is 54.0 Å². The van der Waals surface area contributed by atoms with Gasteiger partial charge in [-0.25, -0.2) is 0 Å². The average molecular weight is 129 g/mol. The molecule has 0 spiro atoms. The largest absolute Gasteiger partial charge is 0.326 e. The first kappa shape index (κ1) is 6.48. The standard InChI is InChI=1S/C5H11N3O/c6-5-2-1-3-8(4-5)7-9/h5H,1-4,6H2. The number of rotatable bonds is 1. The van der Waals surface area contributed by atoms with Crippen LogP contribution in [0.1, 0.15) is 12.8 Å². The Morgan fingerprint density at radius 3 is 2.89 bits per heavy atom. The summed E-state index contributed by atoms with van der Waals surface area (Å²) in [6.45, 7) is 1.40. The molecular formula is C5H11N3O. The fourth-order valence-electron chi connectivity index (χ4n) is 1.06. The fourth-order valence-corrected chi connectivity index (χ4v) is 1.06. The lowest BCUT2D eigenvalue weighted by molar-refractivity contribution is 0.215. The Hall–Kier alpha value is -0.640. The molecule has 0 aromatic rings. The molecule has 1 rings (SSSR count). The van der Waals surface area contributed by atoms with E-state index in [0.29, 0.717) is 6.54 Å². The van der Waals surface area contributed by atoms with Gasteiger partial charge in [0.1, 0.15) is 0 Å². The predicted molar refractivity (Wildman–Crippen MR) is 34.6 cm³/mol. The number of hydrogen-bond acceptors (Lipinski definition) is 3. The molecule has 0 saturated carbocycles. The highest BCUT2D eigenvalue weighted by molar-refractivity contribution is 4.71. The number of piperidine rings is 1. The molecule has 0 bridgehead atoms. The lowest BCUT2D eigenvalue weighted by atomic mass is 10.1. The van der Waals surface area contributed by atoms with Crippen LogP contribution in [0, 0.1) is 4.91 Å². The maximum atomic E-state index is 9.93. The first-order valence-corrected chi connectivity index (χ1v) is 3.16. The van der Waals surface area contributed by atoms with Crippen LogP contribution in [0.15, 0.2) is 5.29 Å². The molecule has 0 aromatic heterocycles. The van der Waals surface area contributed by atoms with E-state index < -0.39 is 0 Å². The van der Waals surface area contributed by atoms with E-state index in [1.807, 2.05) is 0 Å². The SMILES string of the molecule is NC1CCCN(N=O)C1. The molecule has 4 nitrogen and oxygen atoms in total. The highest BCUT2D eigenvalue weighted by atomic mass is 16.3. The van der Waals surface area contributed by atoms with Crippen molar-refractivity contribution in [2.75, 3.05) is 13.1 Å². The molecule has 0 aromatic carbocycles. The van der Waals surface area contributed by atoms with Crippen LogP contribution >= 0.6 is 0 Å². The van der Waals surface area contributed by atoms with E-state index in [-0.39, 0.29) is 6.04 Å². The average Bonchev–Trinajstić information content (AvgIpc) is 1.88. The van der Waals surface area contributed by atoms with E-state index in [9.17, 15) is 4.91 Å². The van der Waals surface area contributed by atoms with Crippen molar-refractivity contribution in [2.45, 2.75) is 18.9 Å². The zero-order valence-corrected chi connectivity index (χ0v) is 5.29. The molecule has 0 radical (unpaired) electrons. The van der Waals surface area contributed by atoms with Crippen molar-refractivity contribution >= 4 is 0 Å². The smallest absolute Gasteiger partial charge is 0.0543 e. The van der Waals surface area contributed by atoms with Gasteiger partial charge in [-0.2, -0.15) is 0 Å². The summed E-state index contributed by atoms with van der Waals surface area (Å²) in [5.74, 6) is 0. The minimum absolute atomic E-state index is 0.149. The van der Waals surface area contributed by atoms with Crippen LogP contribution < -0.4 is 5.73 Å². The lowest BCUT2D eigenvalue weighted by Crippen LogP contribution is -2.39. The van der Waals surface area contributed by atoms with Crippen molar-refractivity contribution in [1.29, 1.82) is 0 Å². The number of nitroso groups, excluding NO2 is 1. The zero-order valence-electron chi connectivity index (χ0n) is 5.29. The molecule has 4 heteroatoms. The van der Waals surface area contributed by atoms with Gasteiger partial charge in [0.2, 0.25) is 0 Å². The molecule has 9 heavy (non-hydrogen) atoms. The summed E-state index contributed by atoms with van der Waals surface area (Å²) in [7, 11) is 0. The summed E-state index contributed by atoms with van der Waals surface area (Å²) in [5.41, 5.74) is 5.56. The van der Waals surface area contributed by atoms with Gasteiger partial charge < -0.3 is 5.73 Å². The molecular weight excluding hydrogens is 118 g/mol. The van der Waals surface area contributed by atoms with Gasteiger partial charge >= 0.3 is 0 Å². The summed E-state index contributed by atoms with van der Waals surface area (Å²) in [6.07, 6.45) is 2.01. The van der Waals surface area contributed by atoms with Crippen LogP contribution in [0.5, 0.6) is 0 Å². The topological polar surface area (TPSA) is 58.7 Å². The van der Waals surface area contributed by atoms with E-state index in [4.69, 9.17) is 5.73 Å². The van der Waals surface area contributed by atoms with E-state index in [1.165, 1.54) is 5.01 Å². The molecule has 2 N–H and O–H groups in total. The molecule has 1 unspecified atom stereocenters. The third-order valence-electron chi connectivity index (χ3n) is 1.55. The molecule has 1 aliphatic heterocycles. The molecule has 1 aliphatic rings. The van der Waals surface area contributed by atoms with Gasteiger partial charge in [-0.3, -0.25) is 5.01 Å². The highest BCUT2D eigenvalue weighted by Gasteiger charge is 2.14. The molecule has 1 saturated heterocycles. The molecule has 1 heterocycles. The highest BCUT2D eigenvalue weighted by Crippen LogP contribution is 2.06. The van der Waals surface area contributed by atoms with Crippen molar-refractivity contribution in [1.82, 2.24) is 5.01 Å². The van der Waals surface area contributed by atoms with Crippen LogP contribution in [-0.4, -0.2) is 24.1 Å². The summed E-state index contributed by atoms with van der Waals surface area (Å²) in [5, 5.41) is 4.28. The molecule has 1 fully saturated rings. The normalized spacial score (nSPS) is 28.1.